The van der Waals surface area contributed by atoms with Gasteiger partial charge >= 0.3 is 6.18 Å². The number of nitrogens with zero attached hydrogens (tertiary/aromatic N) is 2. The Hall–Kier alpha value is -3.20. The summed E-state index contributed by atoms with van der Waals surface area (Å²) in [5, 5.41) is 0. The Kier molecular flexibility index (Phi) is 6.48. The highest BCUT2D eigenvalue weighted by molar-refractivity contribution is 7.92. The standard InChI is InChI=1S/C26H25F3N2O3S/c1-25(2,35(33,34)22-7-5-6-20(16-22)26(27,28)29)19-13-15-31(24(32)17-19)21-11-9-18(10-12-21)23-8-3-4-14-30-23/h3-12,14,16,19H,13,15,17H2,1-2H3/t19-/m1/s1. The number of amides is 1. The maximum Gasteiger partial charge on any atom is 0.416 e. The van der Waals surface area contributed by atoms with Crippen LogP contribution in [0.2, 0.25) is 0 Å². The molecular weight excluding hydrogens is 477 g/mol. The largest absolute Gasteiger partial charge is 0.416 e. The van der Waals surface area contributed by atoms with Gasteiger partial charge in [0.2, 0.25) is 5.91 Å². The SMILES string of the molecule is CC(C)([C@@H]1CCN(c2ccc(-c3ccccn3)cc2)C(=O)C1)S(=O)(=O)c1cccc(C(F)(F)F)c1. The molecule has 0 radical (unpaired) electrons. The van der Waals surface area contributed by atoms with Gasteiger partial charge in [0, 0.05) is 30.4 Å². The molecule has 1 saturated heterocycles. The van der Waals surface area contributed by atoms with Crippen molar-refractivity contribution in [1.82, 2.24) is 4.98 Å². The Labute approximate surface area is 202 Å². The van der Waals surface area contributed by atoms with Gasteiger partial charge in [-0.3, -0.25) is 9.78 Å². The van der Waals surface area contributed by atoms with Crippen LogP contribution in [-0.4, -0.2) is 30.6 Å². The molecule has 1 atom stereocenters. The van der Waals surface area contributed by atoms with Crippen LogP contribution in [0.4, 0.5) is 18.9 Å². The summed E-state index contributed by atoms with van der Waals surface area (Å²) in [6.45, 7) is 3.28. The number of benzene rings is 2. The first-order chi connectivity index (χ1) is 16.4. The van der Waals surface area contributed by atoms with Crippen LogP contribution >= 0.6 is 0 Å². The third-order valence-electron chi connectivity index (χ3n) is 6.71. The topological polar surface area (TPSA) is 67.3 Å². The highest BCUT2D eigenvalue weighted by Crippen LogP contribution is 2.40. The number of halogens is 3. The smallest absolute Gasteiger partial charge is 0.312 e. The van der Waals surface area contributed by atoms with Gasteiger partial charge in [-0.2, -0.15) is 13.2 Å². The van der Waals surface area contributed by atoms with Gasteiger partial charge in [-0.05, 0) is 68.7 Å². The van der Waals surface area contributed by atoms with Gasteiger partial charge in [0.25, 0.3) is 0 Å². The normalized spacial score (nSPS) is 17.5. The van der Waals surface area contributed by atoms with Gasteiger partial charge in [-0.15, -0.1) is 0 Å². The molecule has 1 amide bonds. The fourth-order valence-corrected chi connectivity index (χ4v) is 6.19. The van der Waals surface area contributed by atoms with Crippen LogP contribution in [0.25, 0.3) is 11.3 Å². The first-order valence-electron chi connectivity index (χ1n) is 11.1. The molecule has 184 valence electrons. The molecule has 0 saturated carbocycles. The lowest BCUT2D eigenvalue weighted by Crippen LogP contribution is -2.48. The summed E-state index contributed by atoms with van der Waals surface area (Å²) in [6, 6.07) is 16.8. The van der Waals surface area contributed by atoms with Gasteiger partial charge in [0.15, 0.2) is 9.84 Å². The quantitative estimate of drug-likeness (QED) is 0.445. The van der Waals surface area contributed by atoms with Gasteiger partial charge < -0.3 is 4.90 Å². The average molecular weight is 503 g/mol. The molecule has 3 aromatic rings. The summed E-state index contributed by atoms with van der Waals surface area (Å²) in [7, 11) is -4.14. The molecule has 0 N–H and O–H groups in total. The lowest BCUT2D eigenvalue weighted by molar-refractivity contribution is -0.137. The summed E-state index contributed by atoms with van der Waals surface area (Å²) in [5.41, 5.74) is 1.40. The Balaban J connectivity index is 1.52. The second-order valence-corrected chi connectivity index (χ2v) is 11.7. The zero-order valence-corrected chi connectivity index (χ0v) is 20.1. The van der Waals surface area contributed by atoms with E-state index >= 15 is 0 Å². The Morgan fingerprint density at radius 1 is 0.971 bits per heavy atom. The Bertz CT molecular complexity index is 1320. The van der Waals surface area contributed by atoms with E-state index < -0.39 is 37.1 Å². The molecule has 1 aliphatic rings. The van der Waals surface area contributed by atoms with Gasteiger partial charge in [0.05, 0.1) is 20.9 Å². The molecule has 9 heteroatoms. The fraction of sp³-hybridized carbons (Fsp3) is 0.308. The van der Waals surface area contributed by atoms with Crippen molar-refractivity contribution in [2.24, 2.45) is 5.92 Å². The Morgan fingerprint density at radius 2 is 1.69 bits per heavy atom. The first-order valence-corrected chi connectivity index (χ1v) is 12.6. The average Bonchev–Trinajstić information content (AvgIpc) is 2.84. The van der Waals surface area contributed by atoms with Crippen molar-refractivity contribution in [2.75, 3.05) is 11.4 Å². The minimum Gasteiger partial charge on any atom is -0.312 e. The highest BCUT2D eigenvalue weighted by atomic mass is 32.2. The monoisotopic (exact) mass is 502 g/mol. The van der Waals surface area contributed by atoms with E-state index in [4.69, 9.17) is 0 Å². The molecule has 0 aliphatic carbocycles. The summed E-state index contributed by atoms with van der Waals surface area (Å²) >= 11 is 0. The number of sulfone groups is 1. The molecule has 2 aromatic carbocycles. The molecule has 5 nitrogen and oxygen atoms in total. The Morgan fingerprint density at radius 3 is 2.29 bits per heavy atom. The molecule has 35 heavy (non-hydrogen) atoms. The zero-order chi connectivity index (χ0) is 25.4. The van der Waals surface area contributed by atoms with Crippen molar-refractivity contribution >= 4 is 21.4 Å². The number of alkyl halides is 3. The van der Waals surface area contributed by atoms with Gasteiger partial charge in [-0.25, -0.2) is 8.42 Å². The molecule has 2 heterocycles. The van der Waals surface area contributed by atoms with Crippen LogP contribution in [0.3, 0.4) is 0 Å². The predicted octanol–water partition coefficient (Wildman–Crippen LogP) is 5.76. The second-order valence-electron chi connectivity index (χ2n) is 9.13. The van der Waals surface area contributed by atoms with Crippen LogP contribution in [0.5, 0.6) is 0 Å². The zero-order valence-electron chi connectivity index (χ0n) is 19.3. The van der Waals surface area contributed by atoms with Crippen LogP contribution < -0.4 is 4.90 Å². The number of anilines is 1. The van der Waals surface area contributed by atoms with Crippen LogP contribution in [-0.2, 0) is 20.8 Å². The first kappa shape index (κ1) is 24.9. The van der Waals surface area contributed by atoms with E-state index in [1.165, 1.54) is 19.9 Å². The third kappa shape index (κ3) is 4.82. The third-order valence-corrected chi connectivity index (χ3v) is 9.30. The van der Waals surface area contributed by atoms with Crippen molar-refractivity contribution in [2.45, 2.75) is 42.5 Å². The van der Waals surface area contributed by atoms with Crippen molar-refractivity contribution in [3.63, 3.8) is 0 Å². The van der Waals surface area contributed by atoms with E-state index in [2.05, 4.69) is 4.98 Å². The number of hydrogen-bond acceptors (Lipinski definition) is 4. The lowest BCUT2D eigenvalue weighted by Gasteiger charge is -2.39. The number of hydrogen-bond donors (Lipinski definition) is 0. The van der Waals surface area contributed by atoms with E-state index in [1.54, 1.807) is 11.1 Å². The van der Waals surface area contributed by atoms with E-state index in [-0.39, 0.29) is 12.3 Å². The number of piperidine rings is 1. The number of aromatic nitrogens is 1. The highest BCUT2D eigenvalue weighted by Gasteiger charge is 2.46. The number of carbonyl (C=O) groups excluding carboxylic acids is 1. The molecule has 1 fully saturated rings. The van der Waals surface area contributed by atoms with E-state index in [0.29, 0.717) is 24.7 Å². The molecule has 0 unspecified atom stereocenters. The summed E-state index contributed by atoms with van der Waals surface area (Å²) in [5.74, 6) is -0.766. The van der Waals surface area contributed by atoms with E-state index in [1.807, 2.05) is 42.5 Å². The van der Waals surface area contributed by atoms with Crippen molar-refractivity contribution < 1.29 is 26.4 Å². The number of carbonyl (C=O) groups is 1. The van der Waals surface area contributed by atoms with Crippen LogP contribution in [0.1, 0.15) is 32.3 Å². The number of rotatable bonds is 5. The maximum absolute atomic E-state index is 13.4. The summed E-state index contributed by atoms with van der Waals surface area (Å²) in [6.07, 6.45) is -2.57. The number of pyridine rings is 1. The maximum atomic E-state index is 13.4. The molecule has 0 spiro atoms. The predicted molar refractivity (Wildman–Crippen MR) is 127 cm³/mol. The fourth-order valence-electron chi connectivity index (χ4n) is 4.41. The lowest BCUT2D eigenvalue weighted by atomic mass is 9.85. The summed E-state index contributed by atoms with van der Waals surface area (Å²) < 4.78 is 64.7. The van der Waals surface area contributed by atoms with Gasteiger partial charge in [0.1, 0.15) is 0 Å². The molecule has 1 aromatic heterocycles. The van der Waals surface area contributed by atoms with E-state index in [0.717, 1.165) is 23.4 Å². The van der Waals surface area contributed by atoms with Crippen LogP contribution in [0, 0.1) is 5.92 Å². The van der Waals surface area contributed by atoms with Crippen molar-refractivity contribution in [3.8, 4) is 11.3 Å². The minimum atomic E-state index is -4.65. The van der Waals surface area contributed by atoms with Crippen molar-refractivity contribution in [1.29, 1.82) is 0 Å². The van der Waals surface area contributed by atoms with Crippen LogP contribution in [0.15, 0.2) is 77.8 Å². The second kappa shape index (κ2) is 9.11. The van der Waals surface area contributed by atoms with Gasteiger partial charge in [-0.1, -0.05) is 24.3 Å². The molecule has 0 bridgehead atoms. The molecular formula is C26H25F3N2O3S. The molecule has 1 aliphatic heterocycles. The van der Waals surface area contributed by atoms with E-state index in [9.17, 15) is 26.4 Å². The molecule has 4 rings (SSSR count). The summed E-state index contributed by atoms with van der Waals surface area (Å²) in [4.78, 5) is 18.6. The van der Waals surface area contributed by atoms with Crippen molar-refractivity contribution in [3.05, 3.63) is 78.5 Å². The minimum absolute atomic E-state index is 0.0207.